The second-order valence-corrected chi connectivity index (χ2v) is 11.7. The van der Waals surface area contributed by atoms with Gasteiger partial charge in [0.05, 0.1) is 10.4 Å². The van der Waals surface area contributed by atoms with Crippen LogP contribution in [-0.2, 0) is 0 Å². The fraction of sp³-hybridized carbons (Fsp3) is 0.276. The third kappa shape index (κ3) is 5.97. The summed E-state index contributed by atoms with van der Waals surface area (Å²) in [4.78, 5) is 25.6. The van der Waals surface area contributed by atoms with Crippen LogP contribution in [0.2, 0.25) is 0 Å². The lowest BCUT2D eigenvalue weighted by atomic mass is 10.1. The van der Waals surface area contributed by atoms with Crippen molar-refractivity contribution in [2.75, 3.05) is 23.7 Å². The number of amides is 1. The number of rotatable bonds is 8. The normalized spacial score (nSPS) is 15.1. The first-order chi connectivity index (χ1) is 18.0. The number of carbonyl (C=O) groups excluding carboxylic acids is 1. The second-order valence-electron chi connectivity index (χ2n) is 9.35. The van der Waals surface area contributed by atoms with Crippen LogP contribution in [0, 0.1) is 20.8 Å². The Morgan fingerprint density at radius 1 is 1.05 bits per heavy atom. The summed E-state index contributed by atoms with van der Waals surface area (Å²) in [6.07, 6.45) is 5.66. The molecule has 1 fully saturated rings. The standard InChI is InChI=1S/C29H31N5OS2/c1-19-12-13-23(36-26-18-32-29(37-26)33-25-11-4-5-14-30-25)16-24(19)28(35)34-15-7-10-22(34)17-31-27-20(2)8-6-9-21(27)3/h4-6,8-9,11-14,16,18,22,31H,7,10,15,17H2,1-3H3,(H,30,32,33)/t22-/m0/s1. The van der Waals surface area contributed by atoms with Crippen LogP contribution < -0.4 is 10.6 Å². The first kappa shape index (κ1) is 25.3. The fourth-order valence-corrected chi connectivity index (χ4v) is 6.60. The third-order valence-corrected chi connectivity index (χ3v) is 8.68. The molecule has 1 aliphatic rings. The average molecular weight is 530 g/mol. The maximum absolute atomic E-state index is 13.7. The Morgan fingerprint density at radius 2 is 1.89 bits per heavy atom. The minimum absolute atomic E-state index is 0.118. The molecule has 0 radical (unpaired) electrons. The van der Waals surface area contributed by atoms with Gasteiger partial charge in [-0.15, -0.1) is 0 Å². The summed E-state index contributed by atoms with van der Waals surface area (Å²) in [5.74, 6) is 0.886. The van der Waals surface area contributed by atoms with E-state index in [9.17, 15) is 4.79 Å². The van der Waals surface area contributed by atoms with E-state index in [4.69, 9.17) is 0 Å². The summed E-state index contributed by atoms with van der Waals surface area (Å²) < 4.78 is 1.05. The summed E-state index contributed by atoms with van der Waals surface area (Å²) in [6, 6.07) is 18.4. The monoisotopic (exact) mass is 529 g/mol. The van der Waals surface area contributed by atoms with Crippen LogP contribution in [-0.4, -0.2) is 39.9 Å². The molecule has 8 heteroatoms. The Bertz CT molecular complexity index is 1370. The first-order valence-corrected chi connectivity index (χ1v) is 14.1. The van der Waals surface area contributed by atoms with E-state index in [1.807, 2.05) is 43.5 Å². The van der Waals surface area contributed by atoms with Gasteiger partial charge in [-0.05, 0) is 74.6 Å². The molecule has 0 saturated carbocycles. The van der Waals surface area contributed by atoms with Gasteiger partial charge in [-0.1, -0.05) is 53.4 Å². The van der Waals surface area contributed by atoms with Gasteiger partial charge in [-0.2, -0.15) is 0 Å². The quantitative estimate of drug-likeness (QED) is 0.254. The van der Waals surface area contributed by atoms with E-state index in [1.54, 1.807) is 29.3 Å². The van der Waals surface area contributed by atoms with Crippen molar-refractivity contribution in [2.45, 2.75) is 48.8 Å². The van der Waals surface area contributed by atoms with Crippen LogP contribution in [0.3, 0.4) is 0 Å². The van der Waals surface area contributed by atoms with Crippen molar-refractivity contribution < 1.29 is 4.79 Å². The zero-order chi connectivity index (χ0) is 25.8. The molecule has 3 heterocycles. The number of anilines is 3. The number of carbonyl (C=O) groups is 1. The van der Waals surface area contributed by atoms with Crippen LogP contribution >= 0.6 is 23.1 Å². The Balaban J connectivity index is 1.27. The molecule has 1 aliphatic heterocycles. The Labute approximate surface area is 226 Å². The van der Waals surface area contributed by atoms with Crippen LogP contribution in [0.1, 0.15) is 39.9 Å². The van der Waals surface area contributed by atoms with Crippen molar-refractivity contribution in [1.82, 2.24) is 14.9 Å². The zero-order valence-electron chi connectivity index (χ0n) is 21.3. The number of nitrogens with zero attached hydrogens (tertiary/aromatic N) is 3. The summed E-state index contributed by atoms with van der Waals surface area (Å²) in [5.41, 5.74) is 5.43. The molecule has 0 aliphatic carbocycles. The van der Waals surface area contributed by atoms with Crippen LogP contribution in [0.15, 0.2) is 76.1 Å². The molecule has 37 heavy (non-hydrogen) atoms. The summed E-state index contributed by atoms with van der Waals surface area (Å²) in [7, 11) is 0. The molecule has 0 bridgehead atoms. The van der Waals surface area contributed by atoms with Gasteiger partial charge in [-0.25, -0.2) is 9.97 Å². The molecule has 6 nitrogen and oxygen atoms in total. The fourth-order valence-electron chi connectivity index (χ4n) is 4.70. The molecule has 2 aromatic carbocycles. The lowest BCUT2D eigenvalue weighted by Gasteiger charge is -2.27. The smallest absolute Gasteiger partial charge is 0.254 e. The third-order valence-electron chi connectivity index (χ3n) is 6.68. The van der Waals surface area contributed by atoms with Gasteiger partial charge in [0.25, 0.3) is 5.91 Å². The molecule has 4 aromatic rings. The number of pyridine rings is 1. The molecule has 2 aromatic heterocycles. The minimum atomic E-state index is 0.118. The summed E-state index contributed by atoms with van der Waals surface area (Å²) in [5, 5.41) is 7.65. The molecule has 0 spiro atoms. The van der Waals surface area contributed by atoms with Crippen molar-refractivity contribution in [3.63, 3.8) is 0 Å². The maximum atomic E-state index is 13.7. The number of aryl methyl sites for hydroxylation is 3. The van der Waals surface area contributed by atoms with Crippen molar-refractivity contribution in [3.8, 4) is 0 Å². The molecule has 5 rings (SSSR count). The van der Waals surface area contributed by atoms with E-state index in [0.717, 1.165) is 57.1 Å². The van der Waals surface area contributed by atoms with E-state index in [0.29, 0.717) is 0 Å². The second kappa shape index (κ2) is 11.4. The van der Waals surface area contributed by atoms with E-state index >= 15 is 0 Å². The molecular weight excluding hydrogens is 498 g/mol. The topological polar surface area (TPSA) is 70.2 Å². The molecule has 1 saturated heterocycles. The van der Waals surface area contributed by atoms with Crippen molar-refractivity contribution in [2.24, 2.45) is 0 Å². The van der Waals surface area contributed by atoms with E-state index in [2.05, 4.69) is 63.6 Å². The molecule has 1 amide bonds. The van der Waals surface area contributed by atoms with Crippen molar-refractivity contribution in [1.29, 1.82) is 0 Å². The molecular formula is C29H31N5OS2. The summed E-state index contributed by atoms with van der Waals surface area (Å²) in [6.45, 7) is 7.83. The highest BCUT2D eigenvalue weighted by Crippen LogP contribution is 2.36. The lowest BCUT2D eigenvalue weighted by molar-refractivity contribution is 0.0742. The highest BCUT2D eigenvalue weighted by atomic mass is 32.2. The van der Waals surface area contributed by atoms with Gasteiger partial charge in [0.15, 0.2) is 5.13 Å². The van der Waals surface area contributed by atoms with Gasteiger partial charge in [0, 0.05) is 41.5 Å². The molecule has 0 unspecified atom stereocenters. The number of hydrogen-bond acceptors (Lipinski definition) is 7. The van der Waals surface area contributed by atoms with Gasteiger partial charge >= 0.3 is 0 Å². The van der Waals surface area contributed by atoms with Gasteiger partial charge in [0.1, 0.15) is 5.82 Å². The number of likely N-dealkylation sites (tertiary alicyclic amines) is 1. The van der Waals surface area contributed by atoms with Crippen molar-refractivity contribution in [3.05, 3.63) is 89.2 Å². The number of aromatic nitrogens is 2. The Hall–Kier alpha value is -3.36. The van der Waals surface area contributed by atoms with E-state index in [1.165, 1.54) is 16.8 Å². The van der Waals surface area contributed by atoms with Crippen LogP contribution in [0.4, 0.5) is 16.6 Å². The van der Waals surface area contributed by atoms with Gasteiger partial charge in [0.2, 0.25) is 0 Å². The number of hydrogen-bond donors (Lipinski definition) is 2. The van der Waals surface area contributed by atoms with E-state index in [-0.39, 0.29) is 11.9 Å². The highest BCUT2D eigenvalue weighted by Gasteiger charge is 2.30. The highest BCUT2D eigenvalue weighted by molar-refractivity contribution is 8.01. The van der Waals surface area contributed by atoms with Crippen LogP contribution in [0.25, 0.3) is 0 Å². The number of thiazole rings is 1. The minimum Gasteiger partial charge on any atom is -0.383 e. The van der Waals surface area contributed by atoms with Crippen LogP contribution in [0.5, 0.6) is 0 Å². The average Bonchev–Trinajstić information content (AvgIpc) is 3.54. The molecule has 190 valence electrons. The largest absolute Gasteiger partial charge is 0.383 e. The molecule has 2 N–H and O–H groups in total. The Kier molecular flexibility index (Phi) is 7.76. The maximum Gasteiger partial charge on any atom is 0.254 e. The lowest BCUT2D eigenvalue weighted by Crippen LogP contribution is -2.40. The number of para-hydroxylation sites is 1. The first-order valence-electron chi connectivity index (χ1n) is 12.5. The zero-order valence-corrected chi connectivity index (χ0v) is 23.0. The Morgan fingerprint density at radius 3 is 2.68 bits per heavy atom. The van der Waals surface area contributed by atoms with Gasteiger partial charge < -0.3 is 15.5 Å². The molecule has 1 atom stereocenters. The number of benzene rings is 2. The SMILES string of the molecule is Cc1ccc(Sc2cnc(Nc3ccccn3)s2)cc1C(=O)N1CCC[C@H]1CNc1c(C)cccc1C. The predicted octanol–water partition coefficient (Wildman–Crippen LogP) is 7.07. The number of nitrogens with one attached hydrogen (secondary N) is 2. The van der Waals surface area contributed by atoms with Crippen molar-refractivity contribution >= 4 is 45.6 Å². The predicted molar refractivity (Wildman–Crippen MR) is 153 cm³/mol. The van der Waals surface area contributed by atoms with Gasteiger partial charge in [-0.3, -0.25) is 4.79 Å². The van der Waals surface area contributed by atoms with E-state index < -0.39 is 0 Å². The summed E-state index contributed by atoms with van der Waals surface area (Å²) >= 11 is 3.20.